The van der Waals surface area contributed by atoms with Crippen LogP contribution < -0.4 is 18.1 Å². The molecule has 1 fully saturated rings. The second-order valence-corrected chi connectivity index (χ2v) is 3.79. The van der Waals surface area contributed by atoms with Gasteiger partial charge in [0.25, 0.3) is 5.91 Å². The van der Waals surface area contributed by atoms with Gasteiger partial charge in [-0.05, 0) is 0 Å². The summed E-state index contributed by atoms with van der Waals surface area (Å²) >= 11 is 0. The van der Waals surface area contributed by atoms with Gasteiger partial charge >= 0.3 is 0 Å². The molecule has 1 aliphatic heterocycles. The van der Waals surface area contributed by atoms with Gasteiger partial charge in [-0.15, -0.1) is 0 Å². The van der Waals surface area contributed by atoms with E-state index in [1.165, 1.54) is 0 Å². The van der Waals surface area contributed by atoms with Gasteiger partial charge in [0.15, 0.2) is 5.54 Å². The van der Waals surface area contributed by atoms with Crippen LogP contribution in [0, 0.1) is 0 Å². The highest BCUT2D eigenvalue weighted by atomic mass is 35.5. The average Bonchev–Trinajstić information content (AvgIpc) is 2.10. The van der Waals surface area contributed by atoms with E-state index in [4.69, 9.17) is 0 Å². The normalized spacial score (nSPS) is 17.3. The summed E-state index contributed by atoms with van der Waals surface area (Å²) in [6.45, 7) is 4.41. The minimum absolute atomic E-state index is 0. The van der Waals surface area contributed by atoms with Gasteiger partial charge in [0.1, 0.15) is 6.17 Å². The molecule has 1 rings (SSSR count). The Bertz CT molecular complexity index is 212. The first-order chi connectivity index (χ1) is 6.03. The van der Waals surface area contributed by atoms with Gasteiger partial charge in [-0.25, -0.2) is 4.39 Å². The van der Waals surface area contributed by atoms with E-state index in [2.05, 4.69) is 5.73 Å². The second-order valence-electron chi connectivity index (χ2n) is 3.79. The Morgan fingerprint density at radius 1 is 1.57 bits per heavy atom. The smallest absolute Gasteiger partial charge is 0.283 e. The van der Waals surface area contributed by atoms with Crippen molar-refractivity contribution in [2.24, 2.45) is 0 Å². The molecule has 0 bridgehead atoms. The second kappa shape index (κ2) is 4.94. The molecule has 1 amide bonds. The Labute approximate surface area is 93.2 Å². The van der Waals surface area contributed by atoms with E-state index in [1.807, 2.05) is 13.8 Å². The van der Waals surface area contributed by atoms with Gasteiger partial charge < -0.3 is 23.0 Å². The molecule has 3 nitrogen and oxygen atoms in total. The van der Waals surface area contributed by atoms with Crippen LogP contribution in [-0.2, 0) is 4.79 Å². The highest BCUT2D eigenvalue weighted by Gasteiger charge is 2.42. The van der Waals surface area contributed by atoms with Gasteiger partial charge in [0, 0.05) is 15.7 Å². The van der Waals surface area contributed by atoms with Crippen molar-refractivity contribution in [1.29, 1.82) is 0 Å². The Kier molecular flexibility index (Phi) is 4.81. The number of alkyl halides is 1. The van der Waals surface area contributed by atoms with Crippen molar-refractivity contribution in [3.63, 3.8) is 0 Å². The summed E-state index contributed by atoms with van der Waals surface area (Å²) in [6.07, 6.45) is 0.618. The van der Waals surface area contributed by atoms with E-state index < -0.39 is 11.7 Å². The van der Waals surface area contributed by atoms with Crippen molar-refractivity contribution >= 4 is 5.91 Å². The molecule has 0 saturated carbocycles. The Morgan fingerprint density at radius 2 is 2.00 bits per heavy atom. The SMILES string of the molecule is CCC([NH3+])(CC)C(=O)N1CC(F)C1.[Cl-].[HH].[HH]. The van der Waals surface area contributed by atoms with Crippen LogP contribution in [0.25, 0.3) is 0 Å². The van der Waals surface area contributed by atoms with E-state index in [1.54, 1.807) is 4.90 Å². The summed E-state index contributed by atoms with van der Waals surface area (Å²) in [6, 6.07) is 0. The van der Waals surface area contributed by atoms with Crippen LogP contribution in [0.2, 0.25) is 0 Å². The maximum Gasteiger partial charge on any atom is 0.283 e. The van der Waals surface area contributed by atoms with Crippen LogP contribution in [0.1, 0.15) is 29.5 Å². The van der Waals surface area contributed by atoms with E-state index in [0.29, 0.717) is 0 Å². The molecular formula is C9H22ClFN2O. The summed E-state index contributed by atoms with van der Waals surface area (Å²) in [5.41, 5.74) is 3.39. The third kappa shape index (κ3) is 2.36. The maximum atomic E-state index is 12.5. The number of amides is 1. The quantitative estimate of drug-likeness (QED) is 0.569. The predicted octanol–water partition coefficient (Wildman–Crippen LogP) is -2.54. The lowest BCUT2D eigenvalue weighted by atomic mass is 9.91. The monoisotopic (exact) mass is 228 g/mol. The molecule has 0 aromatic rings. The molecule has 1 heterocycles. The van der Waals surface area contributed by atoms with Crippen LogP contribution in [0.4, 0.5) is 4.39 Å². The fourth-order valence-corrected chi connectivity index (χ4v) is 1.48. The summed E-state index contributed by atoms with van der Waals surface area (Å²) in [5, 5.41) is 0. The number of hydrogen-bond donors (Lipinski definition) is 1. The molecule has 1 saturated heterocycles. The number of quaternary nitrogens is 1. The maximum absolute atomic E-state index is 12.5. The molecule has 3 N–H and O–H groups in total. The van der Waals surface area contributed by atoms with E-state index in [9.17, 15) is 9.18 Å². The summed E-state index contributed by atoms with van der Waals surface area (Å²) in [4.78, 5) is 13.3. The number of likely N-dealkylation sites (tertiary alicyclic amines) is 1. The number of rotatable bonds is 3. The highest BCUT2D eigenvalue weighted by molar-refractivity contribution is 5.85. The van der Waals surface area contributed by atoms with Crippen molar-refractivity contribution in [1.82, 2.24) is 4.90 Å². The number of halogens is 2. The topological polar surface area (TPSA) is 48.0 Å². The van der Waals surface area contributed by atoms with Gasteiger partial charge in [-0.2, -0.15) is 0 Å². The fourth-order valence-electron chi connectivity index (χ4n) is 1.48. The summed E-state index contributed by atoms with van der Waals surface area (Å²) < 4.78 is 12.5. The Hall–Kier alpha value is -0.350. The Morgan fingerprint density at radius 3 is 2.29 bits per heavy atom. The number of hydrogen-bond acceptors (Lipinski definition) is 1. The third-order valence-electron chi connectivity index (χ3n) is 2.93. The summed E-state index contributed by atoms with van der Waals surface area (Å²) in [7, 11) is 0. The van der Waals surface area contributed by atoms with Crippen LogP contribution >= 0.6 is 0 Å². The molecule has 0 aromatic carbocycles. The minimum atomic E-state index is -0.818. The lowest BCUT2D eigenvalue weighted by Gasteiger charge is -2.38. The summed E-state index contributed by atoms with van der Waals surface area (Å²) in [5.74, 6) is 0.00593. The lowest BCUT2D eigenvalue weighted by molar-refractivity contribution is -0.462. The largest absolute Gasteiger partial charge is 1.00 e. The van der Waals surface area contributed by atoms with Gasteiger partial charge in [0.05, 0.1) is 13.1 Å². The molecular weight excluding hydrogens is 207 g/mol. The Balaban J connectivity index is -0.000000563. The van der Waals surface area contributed by atoms with Gasteiger partial charge in [-0.1, -0.05) is 13.8 Å². The first kappa shape index (κ1) is 13.7. The zero-order valence-corrected chi connectivity index (χ0v) is 9.48. The molecule has 0 unspecified atom stereocenters. The zero-order valence-electron chi connectivity index (χ0n) is 8.72. The van der Waals surface area contributed by atoms with Crippen LogP contribution in [-0.4, -0.2) is 35.6 Å². The first-order valence-electron chi connectivity index (χ1n) is 4.82. The van der Waals surface area contributed by atoms with Crippen molar-refractivity contribution in [3.8, 4) is 0 Å². The minimum Gasteiger partial charge on any atom is -1.00 e. The van der Waals surface area contributed by atoms with Crippen molar-refractivity contribution in [2.75, 3.05) is 13.1 Å². The molecule has 88 valence electrons. The molecule has 0 spiro atoms. The number of carbonyl (C=O) groups excluding carboxylic acids is 1. The van der Waals surface area contributed by atoms with Crippen LogP contribution in [0.3, 0.4) is 0 Å². The van der Waals surface area contributed by atoms with Gasteiger partial charge in [-0.3, -0.25) is 4.79 Å². The molecule has 14 heavy (non-hydrogen) atoms. The zero-order chi connectivity index (χ0) is 10.1. The molecule has 0 atom stereocenters. The van der Waals surface area contributed by atoms with E-state index in [0.717, 1.165) is 12.8 Å². The van der Waals surface area contributed by atoms with Crippen LogP contribution in [0.15, 0.2) is 0 Å². The number of nitrogens with zero attached hydrogens (tertiary/aromatic N) is 1. The highest BCUT2D eigenvalue weighted by Crippen LogP contribution is 2.19. The standard InChI is InChI=1S/C9H17FN2O.ClH.2H2/c1-3-9(11,4-2)8(13)12-5-7(10)6-12;;;/h7H,3-6,11H2,1-2H3;3*1H. The van der Waals surface area contributed by atoms with Gasteiger partial charge in [0.2, 0.25) is 0 Å². The molecule has 0 aromatic heterocycles. The van der Waals surface area contributed by atoms with Crippen LogP contribution in [0.5, 0.6) is 0 Å². The number of carbonyl (C=O) groups is 1. The first-order valence-corrected chi connectivity index (χ1v) is 4.82. The molecule has 0 aliphatic carbocycles. The van der Waals surface area contributed by atoms with Crippen molar-refractivity contribution in [3.05, 3.63) is 0 Å². The molecule has 0 radical (unpaired) electrons. The lowest BCUT2D eigenvalue weighted by Crippen LogP contribution is -3.00. The van der Waals surface area contributed by atoms with Crippen molar-refractivity contribution in [2.45, 2.75) is 38.4 Å². The fraction of sp³-hybridized carbons (Fsp3) is 0.889. The third-order valence-corrected chi connectivity index (χ3v) is 2.93. The van der Waals surface area contributed by atoms with E-state index in [-0.39, 0.29) is 34.3 Å². The molecule has 1 aliphatic rings. The molecule has 5 heteroatoms. The van der Waals surface area contributed by atoms with E-state index >= 15 is 0 Å². The average molecular weight is 229 g/mol. The predicted molar refractivity (Wildman–Crippen MR) is 51.9 cm³/mol. The van der Waals surface area contributed by atoms with Crippen molar-refractivity contribution < 1.29 is 30.2 Å².